The fourth-order valence-electron chi connectivity index (χ4n) is 0.758. The lowest BCUT2D eigenvalue weighted by atomic mass is 10.4. The Morgan fingerprint density at radius 1 is 1.50 bits per heavy atom. The molecule has 0 aromatic heterocycles. The zero-order chi connectivity index (χ0) is 11.0. The first-order valence-corrected chi connectivity index (χ1v) is 5.01. The first-order valence-electron chi connectivity index (χ1n) is 4.57. The molecule has 0 saturated carbocycles. The van der Waals surface area contributed by atoms with E-state index >= 15 is 0 Å². The monoisotopic (exact) mass is 223 g/mol. The predicted molar refractivity (Wildman–Crippen MR) is 55.6 cm³/mol. The molecule has 0 aromatic rings. The number of hydrogen-bond donors (Lipinski definition) is 1. The average Bonchev–Trinajstić information content (AvgIpc) is 2.12. The maximum atomic E-state index is 11.1. The lowest BCUT2D eigenvalue weighted by Gasteiger charge is -2.11. The summed E-state index contributed by atoms with van der Waals surface area (Å²) in [5.74, 6) is -0.152. The highest BCUT2D eigenvalue weighted by molar-refractivity contribution is 6.21. The molecule has 0 bridgehead atoms. The highest BCUT2D eigenvalue weighted by atomic mass is 35.5. The minimum absolute atomic E-state index is 0.0616. The maximum absolute atomic E-state index is 11.1. The quantitative estimate of drug-likeness (QED) is 0.649. The number of carbonyl (C=O) groups excluding carboxylic acids is 1. The number of nitrogens with one attached hydrogen (secondary N) is 1. The van der Waals surface area contributed by atoms with Crippen molar-refractivity contribution in [1.29, 1.82) is 0 Å². The largest absolute Gasteiger partial charge is 0.383 e. The molecule has 5 heteroatoms. The summed E-state index contributed by atoms with van der Waals surface area (Å²) in [6.45, 7) is 4.65. The number of rotatable bonds is 7. The zero-order valence-electron chi connectivity index (χ0n) is 8.88. The predicted octanol–water partition coefficient (Wildman–Crippen LogP) is 0.781. The lowest BCUT2D eigenvalue weighted by Crippen LogP contribution is -2.34. The van der Waals surface area contributed by atoms with E-state index < -0.39 is 0 Å². The van der Waals surface area contributed by atoms with Crippen LogP contribution in [0.25, 0.3) is 0 Å². The third-order valence-electron chi connectivity index (χ3n) is 1.42. The van der Waals surface area contributed by atoms with Gasteiger partial charge in [-0.2, -0.15) is 0 Å². The normalized spacial score (nSPS) is 12.9. The molecule has 0 rings (SSSR count). The Kier molecular flexibility index (Phi) is 7.84. The first-order chi connectivity index (χ1) is 6.56. The molecule has 0 aliphatic carbocycles. The number of alkyl halides is 1. The molecule has 1 atom stereocenters. The Balaban J connectivity index is 3.43. The third-order valence-corrected chi connectivity index (χ3v) is 1.70. The van der Waals surface area contributed by atoms with Crippen LogP contribution in [0.1, 0.15) is 13.8 Å². The molecular formula is C9H18ClNO3. The highest BCUT2D eigenvalue weighted by Crippen LogP contribution is 1.93. The fraction of sp³-hybridized carbons (Fsp3) is 0.889. The molecule has 0 aromatic carbocycles. The maximum Gasteiger partial charge on any atom is 0.246 e. The van der Waals surface area contributed by atoms with Gasteiger partial charge in [0.25, 0.3) is 0 Å². The minimum atomic E-state index is -0.192. The molecule has 0 aliphatic rings. The van der Waals surface area contributed by atoms with E-state index in [0.717, 1.165) is 0 Å². The van der Waals surface area contributed by atoms with Gasteiger partial charge < -0.3 is 14.8 Å². The summed E-state index contributed by atoms with van der Waals surface area (Å²) in [5, 5.41) is 2.46. The van der Waals surface area contributed by atoms with Crippen molar-refractivity contribution in [2.24, 2.45) is 0 Å². The highest BCUT2D eigenvalue weighted by Gasteiger charge is 2.07. The van der Waals surface area contributed by atoms with Crippen molar-refractivity contribution in [3.8, 4) is 0 Å². The van der Waals surface area contributed by atoms with Crippen molar-refractivity contribution in [2.75, 3.05) is 26.9 Å². The van der Waals surface area contributed by atoms with Crippen LogP contribution in [0.15, 0.2) is 0 Å². The van der Waals surface area contributed by atoms with Gasteiger partial charge in [0.15, 0.2) is 0 Å². The van der Waals surface area contributed by atoms with Gasteiger partial charge in [0.05, 0.1) is 18.1 Å². The number of hydrogen-bond acceptors (Lipinski definition) is 3. The van der Waals surface area contributed by atoms with Gasteiger partial charge in [0, 0.05) is 13.7 Å². The van der Waals surface area contributed by atoms with Crippen molar-refractivity contribution in [3.05, 3.63) is 0 Å². The van der Waals surface area contributed by atoms with E-state index in [1.807, 2.05) is 13.8 Å². The van der Waals surface area contributed by atoms with Gasteiger partial charge in [-0.1, -0.05) is 0 Å². The summed E-state index contributed by atoms with van der Waals surface area (Å²) in [6, 6.07) is 0. The summed E-state index contributed by atoms with van der Waals surface area (Å²) in [5.41, 5.74) is 0. The van der Waals surface area contributed by atoms with Crippen LogP contribution in [0.4, 0.5) is 0 Å². The van der Waals surface area contributed by atoms with E-state index in [2.05, 4.69) is 5.32 Å². The Bertz CT molecular complexity index is 164. The van der Waals surface area contributed by atoms with Gasteiger partial charge in [-0.3, -0.25) is 4.79 Å². The Morgan fingerprint density at radius 3 is 2.64 bits per heavy atom. The standard InChI is InChI=1S/C9H18ClNO3/c1-7(2)14-6-9(12)11-4-8(10)5-13-3/h7-8H,4-6H2,1-3H3,(H,11,12). The summed E-state index contributed by atoms with van der Waals surface area (Å²) in [4.78, 5) is 11.1. The zero-order valence-corrected chi connectivity index (χ0v) is 9.63. The van der Waals surface area contributed by atoms with Gasteiger partial charge in [-0.05, 0) is 13.8 Å². The molecule has 1 unspecified atom stereocenters. The number of ether oxygens (including phenoxy) is 2. The fourth-order valence-corrected chi connectivity index (χ4v) is 0.961. The molecule has 0 aliphatic heterocycles. The van der Waals surface area contributed by atoms with Gasteiger partial charge in [-0.25, -0.2) is 0 Å². The Hall–Kier alpha value is -0.320. The molecule has 84 valence electrons. The topological polar surface area (TPSA) is 47.6 Å². The smallest absolute Gasteiger partial charge is 0.246 e. The van der Waals surface area contributed by atoms with E-state index in [4.69, 9.17) is 21.1 Å². The van der Waals surface area contributed by atoms with Crippen LogP contribution in [0.3, 0.4) is 0 Å². The molecule has 14 heavy (non-hydrogen) atoms. The molecule has 0 fully saturated rings. The van der Waals surface area contributed by atoms with Crippen LogP contribution in [0, 0.1) is 0 Å². The summed E-state index contributed by atoms with van der Waals surface area (Å²) in [6.07, 6.45) is 0.0616. The van der Waals surface area contributed by atoms with E-state index in [-0.39, 0.29) is 24.0 Å². The van der Waals surface area contributed by atoms with Gasteiger partial charge in [0.1, 0.15) is 6.61 Å². The van der Waals surface area contributed by atoms with Crippen molar-refractivity contribution < 1.29 is 14.3 Å². The Morgan fingerprint density at radius 2 is 2.14 bits per heavy atom. The van der Waals surface area contributed by atoms with Crippen molar-refractivity contribution in [1.82, 2.24) is 5.32 Å². The molecule has 1 N–H and O–H groups in total. The molecule has 0 heterocycles. The minimum Gasteiger partial charge on any atom is -0.383 e. The van der Waals surface area contributed by atoms with Crippen LogP contribution in [-0.4, -0.2) is 44.3 Å². The summed E-state index contributed by atoms with van der Waals surface area (Å²) < 4.78 is 9.93. The van der Waals surface area contributed by atoms with Gasteiger partial charge in [-0.15, -0.1) is 11.6 Å². The number of methoxy groups -OCH3 is 1. The lowest BCUT2D eigenvalue weighted by molar-refractivity contribution is -0.127. The SMILES string of the molecule is COCC(Cl)CNC(=O)COC(C)C. The first kappa shape index (κ1) is 13.7. The van der Waals surface area contributed by atoms with E-state index in [9.17, 15) is 4.79 Å². The second kappa shape index (κ2) is 8.03. The molecule has 1 amide bonds. The molecule has 0 saturated heterocycles. The van der Waals surface area contributed by atoms with Crippen molar-refractivity contribution >= 4 is 17.5 Å². The van der Waals surface area contributed by atoms with Crippen LogP contribution >= 0.6 is 11.6 Å². The number of amides is 1. The second-order valence-corrected chi connectivity index (χ2v) is 3.83. The van der Waals surface area contributed by atoms with Crippen LogP contribution < -0.4 is 5.32 Å². The Labute approximate surface area is 89.9 Å². The second-order valence-electron chi connectivity index (χ2n) is 3.22. The molecular weight excluding hydrogens is 206 g/mol. The summed E-state index contributed by atoms with van der Waals surface area (Å²) >= 11 is 5.81. The molecule has 4 nitrogen and oxygen atoms in total. The number of halogens is 1. The third kappa shape index (κ3) is 8.29. The van der Waals surface area contributed by atoms with Crippen molar-refractivity contribution in [2.45, 2.75) is 25.3 Å². The van der Waals surface area contributed by atoms with E-state index in [0.29, 0.717) is 13.2 Å². The summed E-state index contributed by atoms with van der Waals surface area (Å²) in [7, 11) is 1.57. The van der Waals surface area contributed by atoms with Crippen LogP contribution in [0.2, 0.25) is 0 Å². The van der Waals surface area contributed by atoms with Gasteiger partial charge in [0.2, 0.25) is 5.91 Å². The molecule has 0 spiro atoms. The van der Waals surface area contributed by atoms with Gasteiger partial charge >= 0.3 is 0 Å². The van der Waals surface area contributed by atoms with E-state index in [1.165, 1.54) is 0 Å². The van der Waals surface area contributed by atoms with Crippen molar-refractivity contribution in [3.63, 3.8) is 0 Å². The van der Waals surface area contributed by atoms with Crippen LogP contribution in [-0.2, 0) is 14.3 Å². The average molecular weight is 224 g/mol. The van der Waals surface area contributed by atoms with Crippen LogP contribution in [0.5, 0.6) is 0 Å². The number of carbonyl (C=O) groups is 1. The van der Waals surface area contributed by atoms with E-state index in [1.54, 1.807) is 7.11 Å². The molecule has 0 radical (unpaired) electrons.